The van der Waals surface area contributed by atoms with E-state index in [-0.39, 0.29) is 5.91 Å². The zero-order chi connectivity index (χ0) is 17.1. The molecule has 0 bridgehead atoms. The topological polar surface area (TPSA) is 81.6 Å². The summed E-state index contributed by atoms with van der Waals surface area (Å²) in [6, 6.07) is 7.41. The number of amides is 1. The lowest BCUT2D eigenvalue weighted by atomic mass is 9.97. The third kappa shape index (κ3) is 3.28. The van der Waals surface area contributed by atoms with Crippen molar-refractivity contribution in [1.82, 2.24) is 9.88 Å². The molecule has 1 aromatic carbocycles. The highest BCUT2D eigenvalue weighted by molar-refractivity contribution is 5.93. The Morgan fingerprint density at radius 3 is 2.58 bits per heavy atom. The van der Waals surface area contributed by atoms with Gasteiger partial charge in [-0.25, -0.2) is 4.98 Å². The van der Waals surface area contributed by atoms with Gasteiger partial charge in [0.05, 0.1) is 7.11 Å². The number of oxazole rings is 1. The second-order valence-corrected chi connectivity index (χ2v) is 6.12. The summed E-state index contributed by atoms with van der Waals surface area (Å²) in [7, 11) is 1.62. The molecule has 1 fully saturated rings. The highest BCUT2D eigenvalue weighted by atomic mass is 16.5. The average Bonchev–Trinajstić information content (AvgIpc) is 3.03. The van der Waals surface area contributed by atoms with Crippen molar-refractivity contribution in [3.63, 3.8) is 0 Å². The first kappa shape index (κ1) is 16.5. The molecule has 24 heavy (non-hydrogen) atoms. The maximum atomic E-state index is 12.7. The Morgan fingerprint density at radius 2 is 2.00 bits per heavy atom. The molecule has 1 amide bonds. The van der Waals surface area contributed by atoms with E-state index in [1.54, 1.807) is 14.0 Å². The van der Waals surface area contributed by atoms with Gasteiger partial charge in [-0.1, -0.05) is 0 Å². The van der Waals surface area contributed by atoms with Crippen molar-refractivity contribution in [2.24, 2.45) is 11.7 Å². The van der Waals surface area contributed by atoms with Crippen LogP contribution in [0.2, 0.25) is 0 Å². The molecule has 3 rings (SSSR count). The van der Waals surface area contributed by atoms with Crippen LogP contribution < -0.4 is 10.5 Å². The third-order valence-electron chi connectivity index (χ3n) is 4.57. The number of carbonyl (C=O) groups excluding carboxylic acids is 1. The normalized spacial score (nSPS) is 15.5. The Morgan fingerprint density at radius 1 is 1.33 bits per heavy atom. The van der Waals surface area contributed by atoms with Gasteiger partial charge in [0.25, 0.3) is 5.91 Å². The SMILES string of the molecule is COc1ccc(-c2nc(C(=O)N3CCC(CN)CC3)c(C)o2)cc1. The molecule has 1 aliphatic heterocycles. The predicted molar refractivity (Wildman–Crippen MR) is 90.9 cm³/mol. The summed E-state index contributed by atoms with van der Waals surface area (Å²) in [4.78, 5) is 19.0. The molecule has 6 heteroatoms. The maximum absolute atomic E-state index is 12.7. The Balaban J connectivity index is 1.77. The average molecular weight is 329 g/mol. The van der Waals surface area contributed by atoms with E-state index >= 15 is 0 Å². The Labute approximate surface area is 141 Å². The van der Waals surface area contributed by atoms with Crippen LogP contribution in [0.3, 0.4) is 0 Å². The fraction of sp³-hybridized carbons (Fsp3) is 0.444. The minimum absolute atomic E-state index is 0.0634. The van der Waals surface area contributed by atoms with Crippen LogP contribution >= 0.6 is 0 Å². The van der Waals surface area contributed by atoms with Crippen LogP contribution in [0.1, 0.15) is 29.1 Å². The fourth-order valence-electron chi connectivity index (χ4n) is 2.97. The number of rotatable bonds is 4. The van der Waals surface area contributed by atoms with Gasteiger partial charge in [-0.15, -0.1) is 0 Å². The quantitative estimate of drug-likeness (QED) is 0.932. The summed E-state index contributed by atoms with van der Waals surface area (Å²) in [6.45, 7) is 3.92. The van der Waals surface area contributed by atoms with Crippen LogP contribution in [0.5, 0.6) is 5.75 Å². The molecule has 1 aromatic heterocycles. The zero-order valence-corrected chi connectivity index (χ0v) is 14.1. The van der Waals surface area contributed by atoms with Crippen LogP contribution in [0.15, 0.2) is 28.7 Å². The number of methoxy groups -OCH3 is 1. The van der Waals surface area contributed by atoms with Gasteiger partial charge < -0.3 is 19.8 Å². The summed E-state index contributed by atoms with van der Waals surface area (Å²) in [5.74, 6) is 2.22. The Hall–Kier alpha value is -2.34. The van der Waals surface area contributed by atoms with Crippen LogP contribution in [-0.4, -0.2) is 42.5 Å². The first-order chi connectivity index (χ1) is 11.6. The zero-order valence-electron chi connectivity index (χ0n) is 14.1. The van der Waals surface area contributed by atoms with Gasteiger partial charge in [0, 0.05) is 18.7 Å². The van der Waals surface area contributed by atoms with E-state index in [1.165, 1.54) is 0 Å². The lowest BCUT2D eigenvalue weighted by molar-refractivity contribution is 0.0686. The molecule has 0 atom stereocenters. The number of nitrogens with zero attached hydrogens (tertiary/aromatic N) is 2. The van der Waals surface area contributed by atoms with Crippen molar-refractivity contribution in [3.8, 4) is 17.2 Å². The van der Waals surface area contributed by atoms with Crippen LogP contribution in [-0.2, 0) is 0 Å². The molecule has 2 heterocycles. The van der Waals surface area contributed by atoms with E-state index in [0.717, 1.165) is 37.2 Å². The second-order valence-electron chi connectivity index (χ2n) is 6.12. The van der Waals surface area contributed by atoms with Gasteiger partial charge in [-0.2, -0.15) is 0 Å². The summed E-state index contributed by atoms with van der Waals surface area (Å²) in [5, 5.41) is 0. The van der Waals surface area contributed by atoms with Crippen molar-refractivity contribution in [2.45, 2.75) is 19.8 Å². The lowest BCUT2D eigenvalue weighted by Gasteiger charge is -2.30. The van der Waals surface area contributed by atoms with E-state index in [0.29, 0.717) is 29.8 Å². The summed E-state index contributed by atoms with van der Waals surface area (Å²) >= 11 is 0. The van der Waals surface area contributed by atoms with Crippen molar-refractivity contribution in [1.29, 1.82) is 0 Å². The predicted octanol–water partition coefficient (Wildman–Crippen LogP) is 2.47. The van der Waals surface area contributed by atoms with Gasteiger partial charge in [0.1, 0.15) is 11.5 Å². The number of aromatic nitrogens is 1. The van der Waals surface area contributed by atoms with Gasteiger partial charge in [0.2, 0.25) is 5.89 Å². The first-order valence-electron chi connectivity index (χ1n) is 8.23. The van der Waals surface area contributed by atoms with Crippen molar-refractivity contribution in [2.75, 3.05) is 26.7 Å². The number of nitrogens with two attached hydrogens (primary N) is 1. The summed E-state index contributed by atoms with van der Waals surface area (Å²) in [5.41, 5.74) is 6.92. The van der Waals surface area contributed by atoms with Crippen LogP contribution in [0.25, 0.3) is 11.5 Å². The molecule has 0 saturated carbocycles. The standard InChI is InChI=1S/C18H23N3O3/c1-12-16(18(22)21-9-7-13(11-19)8-10-21)20-17(24-12)14-3-5-15(23-2)6-4-14/h3-6,13H,7-11,19H2,1-2H3. The number of benzene rings is 1. The molecule has 2 aromatic rings. The number of hydrogen-bond donors (Lipinski definition) is 1. The highest BCUT2D eigenvalue weighted by Gasteiger charge is 2.27. The fourth-order valence-corrected chi connectivity index (χ4v) is 2.97. The number of aryl methyl sites for hydroxylation is 1. The van der Waals surface area contributed by atoms with Crippen molar-refractivity contribution in [3.05, 3.63) is 35.7 Å². The molecule has 128 valence electrons. The van der Waals surface area contributed by atoms with Crippen molar-refractivity contribution >= 4 is 5.91 Å². The van der Waals surface area contributed by atoms with Gasteiger partial charge >= 0.3 is 0 Å². The van der Waals surface area contributed by atoms with E-state index in [1.807, 2.05) is 29.2 Å². The van der Waals surface area contributed by atoms with Gasteiger partial charge in [-0.05, 0) is 56.5 Å². The molecular weight excluding hydrogens is 306 g/mol. The summed E-state index contributed by atoms with van der Waals surface area (Å²) in [6.07, 6.45) is 1.90. The van der Waals surface area contributed by atoms with E-state index < -0.39 is 0 Å². The molecule has 2 N–H and O–H groups in total. The van der Waals surface area contributed by atoms with Crippen LogP contribution in [0.4, 0.5) is 0 Å². The third-order valence-corrected chi connectivity index (χ3v) is 4.57. The van der Waals surface area contributed by atoms with E-state index in [4.69, 9.17) is 14.9 Å². The number of hydrogen-bond acceptors (Lipinski definition) is 5. The van der Waals surface area contributed by atoms with Crippen molar-refractivity contribution < 1.29 is 13.9 Å². The Bertz CT molecular complexity index is 701. The minimum Gasteiger partial charge on any atom is -0.497 e. The van der Waals surface area contributed by atoms with E-state index in [2.05, 4.69) is 4.98 Å². The highest BCUT2D eigenvalue weighted by Crippen LogP contribution is 2.25. The monoisotopic (exact) mass is 329 g/mol. The molecular formula is C18H23N3O3. The smallest absolute Gasteiger partial charge is 0.276 e. The number of carbonyl (C=O) groups is 1. The largest absolute Gasteiger partial charge is 0.497 e. The number of piperidine rings is 1. The molecule has 0 unspecified atom stereocenters. The van der Waals surface area contributed by atoms with Gasteiger partial charge in [-0.3, -0.25) is 4.79 Å². The summed E-state index contributed by atoms with van der Waals surface area (Å²) < 4.78 is 10.9. The number of ether oxygens (including phenoxy) is 1. The first-order valence-corrected chi connectivity index (χ1v) is 8.23. The molecule has 6 nitrogen and oxygen atoms in total. The Kier molecular flexibility index (Phi) is 4.85. The number of likely N-dealkylation sites (tertiary alicyclic amines) is 1. The maximum Gasteiger partial charge on any atom is 0.276 e. The second kappa shape index (κ2) is 7.05. The van der Waals surface area contributed by atoms with E-state index in [9.17, 15) is 4.79 Å². The molecule has 1 saturated heterocycles. The molecule has 0 aliphatic carbocycles. The molecule has 0 radical (unpaired) electrons. The lowest BCUT2D eigenvalue weighted by Crippen LogP contribution is -2.40. The molecule has 1 aliphatic rings. The minimum atomic E-state index is -0.0634. The van der Waals surface area contributed by atoms with Crippen LogP contribution in [0, 0.1) is 12.8 Å². The molecule has 0 spiro atoms. The van der Waals surface area contributed by atoms with Gasteiger partial charge in [0.15, 0.2) is 5.69 Å².